The van der Waals surface area contributed by atoms with Crippen LogP contribution in [0.5, 0.6) is 17.2 Å². The second kappa shape index (κ2) is 5.97. The van der Waals surface area contributed by atoms with E-state index in [1.54, 1.807) is 24.3 Å². The first-order valence-electron chi connectivity index (χ1n) is 6.14. The molecule has 0 aliphatic carbocycles. The molecule has 0 unspecified atom stereocenters. The number of hydrogen-bond acceptors (Lipinski definition) is 4. The molecule has 0 spiro atoms. The standard InChI is InChI=1S/C15H15NO4/c17-11-3-1-10(2-4-11)7-8-16-15(20)13-9-12(18)5-6-14(13)19/h1-6,9,17-19H,7-8H2,(H,16,20). The van der Waals surface area contributed by atoms with Crippen molar-refractivity contribution < 1.29 is 20.1 Å². The van der Waals surface area contributed by atoms with Crippen LogP contribution in [0.1, 0.15) is 15.9 Å². The van der Waals surface area contributed by atoms with E-state index in [2.05, 4.69) is 5.32 Å². The largest absolute Gasteiger partial charge is 0.508 e. The van der Waals surface area contributed by atoms with Gasteiger partial charge in [-0.1, -0.05) is 12.1 Å². The highest BCUT2D eigenvalue weighted by molar-refractivity contribution is 5.97. The van der Waals surface area contributed by atoms with E-state index in [-0.39, 0.29) is 22.8 Å². The second-order valence-electron chi connectivity index (χ2n) is 4.37. The lowest BCUT2D eigenvalue weighted by atomic mass is 10.1. The van der Waals surface area contributed by atoms with Gasteiger partial charge in [0.25, 0.3) is 5.91 Å². The highest BCUT2D eigenvalue weighted by Crippen LogP contribution is 2.21. The van der Waals surface area contributed by atoms with Crippen LogP contribution in [0, 0.1) is 0 Å². The summed E-state index contributed by atoms with van der Waals surface area (Å²) in [6, 6.07) is 10.5. The molecule has 0 radical (unpaired) electrons. The first-order chi connectivity index (χ1) is 9.56. The van der Waals surface area contributed by atoms with Gasteiger partial charge in [0.2, 0.25) is 0 Å². The van der Waals surface area contributed by atoms with E-state index in [0.717, 1.165) is 5.56 Å². The minimum absolute atomic E-state index is 0.0377. The van der Waals surface area contributed by atoms with E-state index in [0.29, 0.717) is 13.0 Å². The van der Waals surface area contributed by atoms with Crippen LogP contribution < -0.4 is 5.32 Å². The van der Waals surface area contributed by atoms with Gasteiger partial charge in [0.15, 0.2) is 0 Å². The topological polar surface area (TPSA) is 89.8 Å². The van der Waals surface area contributed by atoms with Gasteiger partial charge >= 0.3 is 0 Å². The van der Waals surface area contributed by atoms with Crippen LogP contribution in [0.2, 0.25) is 0 Å². The predicted molar refractivity (Wildman–Crippen MR) is 73.9 cm³/mol. The molecule has 20 heavy (non-hydrogen) atoms. The molecule has 0 fully saturated rings. The Morgan fingerprint density at radius 3 is 2.30 bits per heavy atom. The zero-order chi connectivity index (χ0) is 14.5. The van der Waals surface area contributed by atoms with Crippen molar-refractivity contribution >= 4 is 5.91 Å². The first-order valence-corrected chi connectivity index (χ1v) is 6.14. The predicted octanol–water partition coefficient (Wildman–Crippen LogP) is 1.78. The van der Waals surface area contributed by atoms with E-state index in [9.17, 15) is 15.0 Å². The lowest BCUT2D eigenvalue weighted by Crippen LogP contribution is -2.25. The summed E-state index contributed by atoms with van der Waals surface area (Å²) in [4.78, 5) is 11.8. The molecule has 2 aromatic rings. The SMILES string of the molecule is O=C(NCCc1ccc(O)cc1)c1cc(O)ccc1O. The van der Waals surface area contributed by atoms with Gasteiger partial charge in [-0.05, 0) is 42.3 Å². The fourth-order valence-electron chi connectivity index (χ4n) is 1.78. The number of nitrogens with one attached hydrogen (secondary N) is 1. The molecule has 2 aromatic carbocycles. The van der Waals surface area contributed by atoms with Gasteiger partial charge in [-0.3, -0.25) is 4.79 Å². The maximum Gasteiger partial charge on any atom is 0.255 e. The minimum Gasteiger partial charge on any atom is -0.508 e. The summed E-state index contributed by atoms with van der Waals surface area (Å²) in [5.41, 5.74) is 1.01. The number of phenolic OH excluding ortho intramolecular Hbond substituents is 3. The van der Waals surface area contributed by atoms with Crippen LogP contribution >= 0.6 is 0 Å². The van der Waals surface area contributed by atoms with Crippen LogP contribution in [-0.2, 0) is 6.42 Å². The summed E-state index contributed by atoms with van der Waals surface area (Å²) in [5.74, 6) is -0.504. The van der Waals surface area contributed by atoms with Crippen molar-refractivity contribution in [3.05, 3.63) is 53.6 Å². The summed E-state index contributed by atoms with van der Waals surface area (Å²) in [6.07, 6.45) is 0.603. The van der Waals surface area contributed by atoms with Gasteiger partial charge in [0.05, 0.1) is 5.56 Å². The summed E-state index contributed by atoms with van der Waals surface area (Å²) < 4.78 is 0. The first kappa shape index (κ1) is 13.7. The van der Waals surface area contributed by atoms with Crippen molar-refractivity contribution in [2.45, 2.75) is 6.42 Å². The molecule has 104 valence electrons. The van der Waals surface area contributed by atoms with Crippen molar-refractivity contribution in [1.29, 1.82) is 0 Å². The van der Waals surface area contributed by atoms with Crippen LogP contribution in [0.25, 0.3) is 0 Å². The Balaban J connectivity index is 1.92. The Morgan fingerprint density at radius 1 is 0.950 bits per heavy atom. The van der Waals surface area contributed by atoms with Gasteiger partial charge in [0.1, 0.15) is 17.2 Å². The van der Waals surface area contributed by atoms with Crippen molar-refractivity contribution in [3.8, 4) is 17.2 Å². The molecule has 0 atom stereocenters. The Hall–Kier alpha value is -2.69. The second-order valence-corrected chi connectivity index (χ2v) is 4.37. The monoisotopic (exact) mass is 273 g/mol. The van der Waals surface area contributed by atoms with Crippen LogP contribution in [0.3, 0.4) is 0 Å². The van der Waals surface area contributed by atoms with E-state index >= 15 is 0 Å². The average molecular weight is 273 g/mol. The van der Waals surface area contributed by atoms with Gasteiger partial charge in [0, 0.05) is 6.54 Å². The van der Waals surface area contributed by atoms with E-state index in [1.165, 1.54) is 18.2 Å². The number of carbonyl (C=O) groups is 1. The maximum absolute atomic E-state index is 11.8. The molecular formula is C15H15NO4. The summed E-state index contributed by atoms with van der Waals surface area (Å²) in [7, 11) is 0. The molecule has 1 amide bonds. The molecular weight excluding hydrogens is 258 g/mol. The number of phenols is 3. The third-order valence-electron chi connectivity index (χ3n) is 2.86. The molecule has 5 heteroatoms. The fourth-order valence-corrected chi connectivity index (χ4v) is 1.78. The number of hydrogen-bond donors (Lipinski definition) is 4. The third kappa shape index (κ3) is 3.41. The summed E-state index contributed by atoms with van der Waals surface area (Å²) >= 11 is 0. The van der Waals surface area contributed by atoms with Gasteiger partial charge in [-0.25, -0.2) is 0 Å². The zero-order valence-corrected chi connectivity index (χ0v) is 10.7. The Kier molecular flexibility index (Phi) is 4.10. The third-order valence-corrected chi connectivity index (χ3v) is 2.86. The van der Waals surface area contributed by atoms with Gasteiger partial charge in [-0.2, -0.15) is 0 Å². The molecule has 0 saturated heterocycles. The molecule has 0 aliphatic rings. The highest BCUT2D eigenvalue weighted by Gasteiger charge is 2.11. The number of rotatable bonds is 4. The van der Waals surface area contributed by atoms with Crippen LogP contribution in [0.15, 0.2) is 42.5 Å². The molecule has 0 aliphatic heterocycles. The lowest BCUT2D eigenvalue weighted by molar-refractivity contribution is 0.0951. The molecule has 0 saturated carbocycles. The van der Waals surface area contributed by atoms with Crippen LogP contribution in [-0.4, -0.2) is 27.8 Å². The summed E-state index contributed by atoms with van der Waals surface area (Å²) in [5, 5.41) is 30.7. The Bertz CT molecular complexity index is 608. The Morgan fingerprint density at radius 2 is 1.60 bits per heavy atom. The lowest BCUT2D eigenvalue weighted by Gasteiger charge is -2.07. The normalized spacial score (nSPS) is 10.2. The van der Waals surface area contributed by atoms with Gasteiger partial charge < -0.3 is 20.6 Å². The fraction of sp³-hybridized carbons (Fsp3) is 0.133. The molecule has 5 nitrogen and oxygen atoms in total. The maximum atomic E-state index is 11.8. The van der Waals surface area contributed by atoms with Crippen molar-refractivity contribution in [1.82, 2.24) is 5.32 Å². The average Bonchev–Trinajstić information content (AvgIpc) is 2.43. The number of aromatic hydroxyl groups is 3. The van der Waals surface area contributed by atoms with Gasteiger partial charge in [-0.15, -0.1) is 0 Å². The molecule has 2 rings (SSSR count). The number of carbonyl (C=O) groups excluding carboxylic acids is 1. The smallest absolute Gasteiger partial charge is 0.255 e. The Labute approximate surface area is 116 Å². The molecule has 0 bridgehead atoms. The highest BCUT2D eigenvalue weighted by atomic mass is 16.3. The minimum atomic E-state index is -0.447. The quantitative estimate of drug-likeness (QED) is 0.639. The zero-order valence-electron chi connectivity index (χ0n) is 10.7. The summed E-state index contributed by atoms with van der Waals surface area (Å²) in [6.45, 7) is 0.388. The number of amides is 1. The van der Waals surface area contributed by atoms with E-state index in [1.807, 2.05) is 0 Å². The molecule has 0 aromatic heterocycles. The van der Waals surface area contributed by atoms with Crippen molar-refractivity contribution in [3.63, 3.8) is 0 Å². The van der Waals surface area contributed by atoms with Crippen molar-refractivity contribution in [2.75, 3.05) is 6.54 Å². The van der Waals surface area contributed by atoms with E-state index in [4.69, 9.17) is 5.11 Å². The van der Waals surface area contributed by atoms with Crippen molar-refractivity contribution in [2.24, 2.45) is 0 Å². The van der Waals surface area contributed by atoms with E-state index < -0.39 is 5.91 Å². The van der Waals surface area contributed by atoms with Crippen LogP contribution in [0.4, 0.5) is 0 Å². The molecule has 0 heterocycles. The molecule has 4 N–H and O–H groups in total. The number of benzene rings is 2.